The number of carboxylic acids is 1. The molecule has 2 bridgehead atoms. The summed E-state index contributed by atoms with van der Waals surface area (Å²) in [7, 11) is 0. The standard InChI is InChI=1S/C18H16FN3O4S/c1-8-6-21(3-2-20-8)14-12(19)9-7-26-16(14)13-10(9)15(23)11(18(24)25)17-22(13)4-5-27-17/h4-5,8,20H,2-3,6-7H2,1H3,(H,24,25). The van der Waals surface area contributed by atoms with E-state index in [1.807, 2.05) is 11.8 Å². The molecule has 1 unspecified atom stereocenters. The van der Waals surface area contributed by atoms with Crippen molar-refractivity contribution in [1.29, 1.82) is 0 Å². The molecule has 1 atom stereocenters. The van der Waals surface area contributed by atoms with E-state index in [4.69, 9.17) is 4.74 Å². The molecular weight excluding hydrogens is 373 g/mol. The molecule has 1 aromatic carbocycles. The molecule has 5 heterocycles. The van der Waals surface area contributed by atoms with Crippen molar-refractivity contribution in [2.24, 2.45) is 0 Å². The number of pyridine rings is 1. The van der Waals surface area contributed by atoms with Crippen LogP contribution < -0.4 is 20.4 Å². The molecule has 3 aliphatic heterocycles. The van der Waals surface area contributed by atoms with Gasteiger partial charge in [-0.2, -0.15) is 0 Å². The number of rotatable bonds is 2. The molecule has 2 aromatic heterocycles. The molecule has 0 amide bonds. The predicted molar refractivity (Wildman–Crippen MR) is 100.0 cm³/mol. The van der Waals surface area contributed by atoms with Gasteiger partial charge in [0.25, 0.3) is 0 Å². The number of fused-ring (bicyclic) bond motifs is 3. The summed E-state index contributed by atoms with van der Waals surface area (Å²) >= 11 is 1.17. The van der Waals surface area contributed by atoms with E-state index in [-0.39, 0.29) is 29.2 Å². The summed E-state index contributed by atoms with van der Waals surface area (Å²) in [5.74, 6) is -1.48. The second kappa shape index (κ2) is 5.67. The summed E-state index contributed by atoms with van der Waals surface area (Å²) < 4.78 is 22.8. The minimum Gasteiger partial charge on any atom is -0.484 e. The Morgan fingerprint density at radius 2 is 2.30 bits per heavy atom. The summed E-state index contributed by atoms with van der Waals surface area (Å²) in [6.07, 6.45) is 1.69. The molecule has 1 saturated heterocycles. The molecule has 0 aliphatic carbocycles. The lowest BCUT2D eigenvalue weighted by Crippen LogP contribution is -2.50. The average Bonchev–Trinajstić information content (AvgIpc) is 3.11. The summed E-state index contributed by atoms with van der Waals surface area (Å²) in [6, 6.07) is 0.197. The predicted octanol–water partition coefficient (Wildman–Crippen LogP) is 2.04. The van der Waals surface area contributed by atoms with Gasteiger partial charge in [0, 0.05) is 42.8 Å². The third-order valence-corrected chi connectivity index (χ3v) is 6.10. The fourth-order valence-electron chi connectivity index (χ4n) is 4.08. The maximum Gasteiger partial charge on any atom is 0.342 e. The van der Waals surface area contributed by atoms with E-state index >= 15 is 4.39 Å². The number of benzene rings is 1. The number of hydrogen-bond donors (Lipinski definition) is 2. The van der Waals surface area contributed by atoms with Crippen LogP contribution in [0, 0.1) is 5.82 Å². The topological polar surface area (TPSA) is 83.3 Å². The average molecular weight is 389 g/mol. The van der Waals surface area contributed by atoms with Crippen molar-refractivity contribution >= 4 is 38.7 Å². The molecule has 6 rings (SSSR count). The maximum atomic E-state index is 15.4. The van der Waals surface area contributed by atoms with Crippen LogP contribution in [-0.4, -0.2) is 41.2 Å². The number of halogens is 1. The Bertz CT molecular complexity index is 1190. The van der Waals surface area contributed by atoms with Gasteiger partial charge in [-0.15, -0.1) is 11.3 Å². The third-order valence-electron chi connectivity index (χ3n) is 5.22. The number of piperazine rings is 1. The number of anilines is 1. The highest BCUT2D eigenvalue weighted by Gasteiger charge is 2.35. The number of aromatic nitrogens is 1. The van der Waals surface area contributed by atoms with Crippen molar-refractivity contribution in [1.82, 2.24) is 9.72 Å². The molecule has 3 aliphatic rings. The number of hydrogen-bond acceptors (Lipinski definition) is 6. The fraction of sp³-hybridized carbons (Fsp3) is 0.333. The van der Waals surface area contributed by atoms with Gasteiger partial charge >= 0.3 is 5.97 Å². The second-order valence-electron chi connectivity index (χ2n) is 6.87. The first kappa shape index (κ1) is 16.5. The molecule has 9 heteroatoms. The van der Waals surface area contributed by atoms with Crippen LogP contribution in [0.2, 0.25) is 0 Å². The summed E-state index contributed by atoms with van der Waals surface area (Å²) in [5.41, 5.74) is -0.0351. The van der Waals surface area contributed by atoms with E-state index < -0.39 is 17.2 Å². The number of carbonyl (C=O) groups is 1. The van der Waals surface area contributed by atoms with Crippen LogP contribution in [0.3, 0.4) is 0 Å². The third kappa shape index (κ3) is 2.15. The van der Waals surface area contributed by atoms with Gasteiger partial charge in [-0.25, -0.2) is 9.18 Å². The first-order chi connectivity index (χ1) is 13.0. The Morgan fingerprint density at radius 3 is 3.04 bits per heavy atom. The second-order valence-corrected chi connectivity index (χ2v) is 7.77. The fourth-order valence-corrected chi connectivity index (χ4v) is 4.95. The van der Waals surface area contributed by atoms with Gasteiger partial charge in [-0.3, -0.25) is 4.79 Å². The van der Waals surface area contributed by atoms with E-state index in [9.17, 15) is 14.7 Å². The lowest BCUT2D eigenvalue weighted by atomic mass is 9.99. The molecule has 7 nitrogen and oxygen atoms in total. The zero-order chi connectivity index (χ0) is 18.9. The minimum atomic E-state index is -1.31. The van der Waals surface area contributed by atoms with Gasteiger partial charge in [-0.1, -0.05) is 0 Å². The normalized spacial score (nSPS) is 19.0. The summed E-state index contributed by atoms with van der Waals surface area (Å²) in [5, 5.41) is 14.7. The van der Waals surface area contributed by atoms with Crippen molar-refractivity contribution in [2.75, 3.05) is 24.5 Å². The van der Waals surface area contributed by atoms with Crippen LogP contribution in [0.1, 0.15) is 22.8 Å². The highest BCUT2D eigenvalue weighted by molar-refractivity contribution is 7.16. The Balaban J connectivity index is 1.92. The molecular formula is C18H16FN3O4S. The Hall–Kier alpha value is -2.65. The molecule has 140 valence electrons. The van der Waals surface area contributed by atoms with Gasteiger partial charge in [0.05, 0.1) is 5.39 Å². The first-order valence-corrected chi connectivity index (χ1v) is 9.51. The summed E-state index contributed by atoms with van der Waals surface area (Å²) in [6.45, 7) is 3.92. The summed E-state index contributed by atoms with van der Waals surface area (Å²) in [4.78, 5) is 26.9. The maximum absolute atomic E-state index is 15.4. The first-order valence-electron chi connectivity index (χ1n) is 8.63. The van der Waals surface area contributed by atoms with Gasteiger partial charge in [-0.05, 0) is 6.92 Å². The van der Waals surface area contributed by atoms with Crippen molar-refractivity contribution < 1.29 is 19.0 Å². The number of nitrogens with zero attached hydrogens (tertiary/aromatic N) is 2. The highest BCUT2D eigenvalue weighted by atomic mass is 32.1. The van der Waals surface area contributed by atoms with E-state index in [0.29, 0.717) is 34.9 Å². The zero-order valence-corrected chi connectivity index (χ0v) is 15.2. The van der Waals surface area contributed by atoms with E-state index in [1.54, 1.807) is 16.0 Å². The largest absolute Gasteiger partial charge is 0.484 e. The molecule has 3 aromatic rings. The number of nitrogens with one attached hydrogen (secondary N) is 1. The van der Waals surface area contributed by atoms with E-state index in [2.05, 4.69) is 5.32 Å². The van der Waals surface area contributed by atoms with Crippen molar-refractivity contribution in [2.45, 2.75) is 19.6 Å². The minimum absolute atomic E-state index is 0.0657. The van der Waals surface area contributed by atoms with E-state index in [1.165, 1.54) is 11.3 Å². The quantitative estimate of drug-likeness (QED) is 0.698. The monoisotopic (exact) mass is 389 g/mol. The van der Waals surface area contributed by atoms with Crippen LogP contribution in [0.25, 0.3) is 15.7 Å². The van der Waals surface area contributed by atoms with Crippen molar-refractivity contribution in [3.8, 4) is 5.75 Å². The lowest BCUT2D eigenvalue weighted by molar-refractivity contribution is 0.0697. The van der Waals surface area contributed by atoms with Crippen LogP contribution in [-0.2, 0) is 6.61 Å². The molecule has 0 saturated carbocycles. The number of carboxylic acid groups (broad SMARTS) is 1. The number of thiazole rings is 1. The van der Waals surface area contributed by atoms with Crippen molar-refractivity contribution in [3.63, 3.8) is 0 Å². The van der Waals surface area contributed by atoms with Gasteiger partial charge in [0.2, 0.25) is 5.43 Å². The SMILES string of the molecule is CC1CN(c2c(F)c3c4c(=O)c(C(=O)O)c5sccn5c4c2OC3)CCN1. The van der Waals surface area contributed by atoms with Gasteiger partial charge in [0.15, 0.2) is 11.6 Å². The van der Waals surface area contributed by atoms with Crippen LogP contribution in [0.15, 0.2) is 16.4 Å². The molecule has 0 spiro atoms. The number of ether oxygens (including phenoxy) is 1. The smallest absolute Gasteiger partial charge is 0.342 e. The lowest BCUT2D eigenvalue weighted by Gasteiger charge is -2.37. The molecule has 1 fully saturated rings. The molecule has 0 radical (unpaired) electrons. The Labute approximate surface area is 156 Å². The van der Waals surface area contributed by atoms with Crippen molar-refractivity contribution in [3.05, 3.63) is 38.7 Å². The molecule has 27 heavy (non-hydrogen) atoms. The van der Waals surface area contributed by atoms with E-state index in [0.717, 1.165) is 6.54 Å². The number of aromatic carboxylic acids is 1. The Morgan fingerprint density at radius 1 is 1.48 bits per heavy atom. The van der Waals surface area contributed by atoms with Crippen LogP contribution in [0.5, 0.6) is 5.75 Å². The molecule has 2 N–H and O–H groups in total. The van der Waals surface area contributed by atoms with Gasteiger partial charge in [0.1, 0.15) is 28.2 Å². The van der Waals surface area contributed by atoms with Crippen LogP contribution in [0.4, 0.5) is 10.1 Å². The van der Waals surface area contributed by atoms with Crippen LogP contribution >= 0.6 is 11.3 Å². The highest BCUT2D eigenvalue weighted by Crippen LogP contribution is 2.46. The zero-order valence-electron chi connectivity index (χ0n) is 14.4. The van der Waals surface area contributed by atoms with Gasteiger partial charge < -0.3 is 24.5 Å². The Kier molecular flexibility index (Phi) is 3.47.